The first-order chi connectivity index (χ1) is 20.3. The number of hydrogen-bond donors (Lipinski definition) is 0. The zero-order valence-electron chi connectivity index (χ0n) is 23.2. The zero-order valence-corrected chi connectivity index (χ0v) is 24.0. The summed E-state index contributed by atoms with van der Waals surface area (Å²) in [5.41, 5.74) is 2.47. The Labute approximate surface area is 246 Å². The largest absolute Gasteiger partial charge is 0.462 e. The SMILES string of the molecule is [C-]#[N+]C[C@H]1CN(c2nc(OC[C@@H]3CCCN3C)nc3cc(-c4cccc5cc(F)sc45)ccc23)CCN1C(=O)C(=C)F. The van der Waals surface area contributed by atoms with E-state index in [1.807, 2.05) is 41.3 Å². The molecule has 2 aliphatic heterocycles. The molecular formula is C31H30F2N6O2S. The fourth-order valence-electron chi connectivity index (χ4n) is 5.92. The van der Waals surface area contributed by atoms with Crippen molar-refractivity contribution in [3.05, 3.63) is 71.4 Å². The minimum atomic E-state index is -1.04. The zero-order chi connectivity index (χ0) is 29.4. The molecular weight excluding hydrogens is 558 g/mol. The number of likely N-dealkylation sites (N-methyl/N-ethyl adjacent to an activating group) is 1. The van der Waals surface area contributed by atoms with E-state index in [9.17, 15) is 13.6 Å². The number of ether oxygens (including phenoxy) is 1. The van der Waals surface area contributed by atoms with Gasteiger partial charge in [0, 0.05) is 35.8 Å². The van der Waals surface area contributed by atoms with E-state index < -0.39 is 17.8 Å². The summed E-state index contributed by atoms with van der Waals surface area (Å²) in [5.74, 6) is -1.20. The first-order valence-electron chi connectivity index (χ1n) is 13.9. The Morgan fingerprint density at radius 3 is 2.81 bits per heavy atom. The fourth-order valence-corrected chi connectivity index (χ4v) is 6.84. The minimum Gasteiger partial charge on any atom is -0.462 e. The van der Waals surface area contributed by atoms with Gasteiger partial charge in [0.1, 0.15) is 18.5 Å². The van der Waals surface area contributed by atoms with E-state index >= 15 is 0 Å². The van der Waals surface area contributed by atoms with Crippen LogP contribution >= 0.6 is 11.3 Å². The number of benzene rings is 2. The summed E-state index contributed by atoms with van der Waals surface area (Å²) < 4.78 is 34.9. The number of thiophene rings is 1. The number of aromatic nitrogens is 2. The Morgan fingerprint density at radius 2 is 2.05 bits per heavy atom. The van der Waals surface area contributed by atoms with Gasteiger partial charge in [-0.2, -0.15) is 14.4 Å². The Balaban J connectivity index is 1.40. The van der Waals surface area contributed by atoms with Crippen molar-refractivity contribution in [1.82, 2.24) is 19.8 Å². The number of anilines is 1. The topological polar surface area (TPSA) is 66.2 Å². The lowest BCUT2D eigenvalue weighted by molar-refractivity contribution is -0.131. The van der Waals surface area contributed by atoms with Gasteiger partial charge in [0.05, 0.1) is 5.52 Å². The summed E-state index contributed by atoms with van der Waals surface area (Å²) >= 11 is 1.11. The molecule has 42 heavy (non-hydrogen) atoms. The van der Waals surface area contributed by atoms with E-state index in [-0.39, 0.29) is 30.3 Å². The van der Waals surface area contributed by atoms with Gasteiger partial charge in [-0.05, 0) is 61.1 Å². The monoisotopic (exact) mass is 588 g/mol. The lowest BCUT2D eigenvalue weighted by atomic mass is 10.0. The van der Waals surface area contributed by atoms with Crippen LogP contribution in [0.1, 0.15) is 12.8 Å². The molecule has 2 atom stereocenters. The van der Waals surface area contributed by atoms with Crippen LogP contribution in [0.25, 0.3) is 37.0 Å². The standard InChI is InChI=1S/C31H30F2N6O2S/c1-19(32)30(40)39-13-12-38(17-23(39)16-34-2)29-25-10-9-20(24-8-4-6-21-15-27(33)42-28(21)24)14-26(25)35-31(36-29)41-18-22-7-5-11-37(22)3/h4,6,8-10,14-15,22-23H,1,5,7,11-13,16-18H2,3H3/t22-,23-/m0/s1. The second-order valence-corrected chi connectivity index (χ2v) is 11.8. The number of carbonyl (C=O) groups excluding carboxylic acids is 1. The van der Waals surface area contributed by atoms with Gasteiger partial charge in [-0.1, -0.05) is 30.8 Å². The van der Waals surface area contributed by atoms with E-state index in [1.54, 1.807) is 6.07 Å². The number of likely N-dealkylation sites (tertiary alicyclic amines) is 1. The number of nitrogens with zero attached hydrogens (tertiary/aromatic N) is 6. The van der Waals surface area contributed by atoms with Crippen LogP contribution in [0.2, 0.25) is 0 Å². The molecule has 0 spiro atoms. The van der Waals surface area contributed by atoms with Crippen molar-refractivity contribution < 1.29 is 18.3 Å². The maximum absolute atomic E-state index is 14.1. The van der Waals surface area contributed by atoms with Crippen LogP contribution in [0.15, 0.2) is 54.9 Å². The minimum absolute atomic E-state index is 0.0292. The quantitative estimate of drug-likeness (QED) is 0.209. The summed E-state index contributed by atoms with van der Waals surface area (Å²) in [4.78, 5) is 31.2. The molecule has 0 bridgehead atoms. The van der Waals surface area contributed by atoms with Gasteiger partial charge in [-0.25, -0.2) is 11.0 Å². The second-order valence-electron chi connectivity index (χ2n) is 10.8. The lowest BCUT2D eigenvalue weighted by Gasteiger charge is -2.39. The summed E-state index contributed by atoms with van der Waals surface area (Å²) in [7, 11) is 2.08. The van der Waals surface area contributed by atoms with Crippen LogP contribution < -0.4 is 9.64 Å². The molecule has 0 saturated carbocycles. The van der Waals surface area contributed by atoms with Crippen molar-refractivity contribution in [3.8, 4) is 17.1 Å². The van der Waals surface area contributed by atoms with Gasteiger partial charge in [-0.15, -0.1) is 11.3 Å². The lowest BCUT2D eigenvalue weighted by Crippen LogP contribution is -2.56. The highest BCUT2D eigenvalue weighted by atomic mass is 32.1. The smallest absolute Gasteiger partial charge is 0.319 e. The van der Waals surface area contributed by atoms with Gasteiger partial charge in [-0.3, -0.25) is 4.79 Å². The molecule has 216 valence electrons. The van der Waals surface area contributed by atoms with Crippen molar-refractivity contribution in [2.45, 2.75) is 24.9 Å². The number of hydrogen-bond acceptors (Lipinski definition) is 7. The van der Waals surface area contributed by atoms with Crippen LogP contribution in [0.5, 0.6) is 6.01 Å². The van der Waals surface area contributed by atoms with Crippen molar-refractivity contribution in [2.75, 3.05) is 51.3 Å². The van der Waals surface area contributed by atoms with Crippen molar-refractivity contribution in [3.63, 3.8) is 0 Å². The summed E-state index contributed by atoms with van der Waals surface area (Å²) in [6.07, 6.45) is 2.15. The van der Waals surface area contributed by atoms with Gasteiger partial charge in [0.15, 0.2) is 11.0 Å². The average molecular weight is 589 g/mol. The number of carbonyl (C=O) groups is 1. The molecule has 0 unspecified atom stereocenters. The molecule has 4 aromatic rings. The Bertz CT molecular complexity index is 1720. The molecule has 2 aromatic carbocycles. The predicted molar refractivity (Wildman–Crippen MR) is 161 cm³/mol. The molecule has 2 aliphatic rings. The number of rotatable bonds is 7. The van der Waals surface area contributed by atoms with Crippen LogP contribution in [0, 0.1) is 11.7 Å². The predicted octanol–water partition coefficient (Wildman–Crippen LogP) is 5.54. The number of fused-ring (bicyclic) bond motifs is 2. The molecule has 1 amide bonds. The third-order valence-electron chi connectivity index (χ3n) is 8.13. The van der Waals surface area contributed by atoms with Crippen LogP contribution in [0.4, 0.5) is 14.6 Å². The Kier molecular flexibility index (Phi) is 7.75. The third-order valence-corrected chi connectivity index (χ3v) is 9.11. The number of amides is 1. The van der Waals surface area contributed by atoms with E-state index in [4.69, 9.17) is 21.3 Å². The second kappa shape index (κ2) is 11.6. The van der Waals surface area contributed by atoms with Crippen LogP contribution in [0.3, 0.4) is 0 Å². The van der Waals surface area contributed by atoms with Crippen molar-refractivity contribution in [2.24, 2.45) is 0 Å². The van der Waals surface area contributed by atoms with E-state index in [0.717, 1.165) is 57.3 Å². The van der Waals surface area contributed by atoms with E-state index in [2.05, 4.69) is 23.4 Å². The molecule has 4 heterocycles. The van der Waals surface area contributed by atoms with Crippen molar-refractivity contribution >= 4 is 44.1 Å². The highest BCUT2D eigenvalue weighted by Gasteiger charge is 2.35. The van der Waals surface area contributed by atoms with Gasteiger partial charge >= 0.3 is 6.01 Å². The number of halogens is 2. The first kappa shape index (κ1) is 28.0. The highest BCUT2D eigenvalue weighted by Crippen LogP contribution is 2.37. The molecule has 8 nitrogen and oxygen atoms in total. The molecule has 2 fully saturated rings. The molecule has 2 saturated heterocycles. The Morgan fingerprint density at radius 1 is 1.19 bits per heavy atom. The maximum Gasteiger partial charge on any atom is 0.319 e. The van der Waals surface area contributed by atoms with Crippen LogP contribution in [-0.4, -0.2) is 84.1 Å². The fraction of sp³-hybridized carbons (Fsp3) is 0.355. The van der Waals surface area contributed by atoms with Crippen LogP contribution in [-0.2, 0) is 4.79 Å². The third kappa shape index (κ3) is 5.40. The summed E-state index contributed by atoms with van der Waals surface area (Å²) in [6.45, 7) is 13.0. The molecule has 11 heteroatoms. The molecule has 2 aromatic heterocycles. The van der Waals surface area contributed by atoms with Gasteiger partial charge in [0.2, 0.25) is 6.54 Å². The molecule has 6 rings (SSSR count). The van der Waals surface area contributed by atoms with Gasteiger partial charge < -0.3 is 24.3 Å². The number of piperazine rings is 1. The Hall–Kier alpha value is -4.14. The molecule has 0 N–H and O–H groups in total. The average Bonchev–Trinajstić information content (AvgIpc) is 3.58. The highest BCUT2D eigenvalue weighted by molar-refractivity contribution is 7.18. The van der Waals surface area contributed by atoms with E-state index in [0.29, 0.717) is 31.0 Å². The maximum atomic E-state index is 14.1. The normalized spacial score (nSPS) is 19.4. The summed E-state index contributed by atoms with van der Waals surface area (Å²) in [6, 6.07) is 13.2. The first-order valence-corrected chi connectivity index (χ1v) is 14.7. The van der Waals surface area contributed by atoms with E-state index in [1.165, 1.54) is 4.90 Å². The summed E-state index contributed by atoms with van der Waals surface area (Å²) in [5, 5.41) is 1.39. The van der Waals surface area contributed by atoms with Crippen molar-refractivity contribution in [1.29, 1.82) is 0 Å². The molecule has 0 aliphatic carbocycles. The molecule has 0 radical (unpaired) electrons. The van der Waals surface area contributed by atoms with Gasteiger partial charge in [0.25, 0.3) is 5.91 Å².